The molecule has 2 nitrogen and oxygen atoms in total. The number of carbonyl (C=O) groups is 1. The zero-order chi connectivity index (χ0) is 6.57. The minimum atomic E-state index is -0.382. The zero-order valence-corrected chi connectivity index (χ0v) is 4.85. The van der Waals surface area contributed by atoms with Gasteiger partial charge in [0.2, 0.25) is 0 Å². The summed E-state index contributed by atoms with van der Waals surface area (Å²) in [4.78, 5) is 10.3. The quantitative estimate of drug-likeness (QED) is 0.555. The van der Waals surface area contributed by atoms with Crippen molar-refractivity contribution in [2.45, 2.75) is 13.3 Å². The Bertz CT molecular complexity index is 96.7. The summed E-state index contributed by atoms with van der Waals surface area (Å²) in [5.41, 5.74) is 0. The Morgan fingerprint density at radius 2 is 2.38 bits per heavy atom. The lowest BCUT2D eigenvalue weighted by atomic mass is 10.2. The van der Waals surface area contributed by atoms with Crippen LogP contribution in [0.25, 0.3) is 0 Å². The molecule has 0 aliphatic rings. The smallest absolute Gasteiger partial charge is 0.190 e. The van der Waals surface area contributed by atoms with Crippen LogP contribution in [0.15, 0.2) is 12.7 Å². The van der Waals surface area contributed by atoms with E-state index in [0.29, 0.717) is 6.42 Å². The largest absolute Gasteiger partial charge is 0.378 e. The molecule has 0 atom stereocenters. The van der Waals surface area contributed by atoms with Crippen LogP contribution in [0, 0.1) is 6.10 Å². The first-order chi connectivity index (χ1) is 3.72. The molecule has 0 aromatic carbocycles. The monoisotopic (exact) mass is 113 g/mol. The topological polar surface area (TPSA) is 37.3 Å². The van der Waals surface area contributed by atoms with Gasteiger partial charge in [0.1, 0.15) is 0 Å². The van der Waals surface area contributed by atoms with E-state index in [1.807, 2.05) is 0 Å². The minimum absolute atomic E-state index is 0.125. The third-order valence-corrected chi connectivity index (χ3v) is 0.805. The van der Waals surface area contributed by atoms with Crippen molar-refractivity contribution in [3.8, 4) is 0 Å². The average molecular weight is 113 g/mol. The van der Waals surface area contributed by atoms with Gasteiger partial charge in [0, 0.05) is 0 Å². The van der Waals surface area contributed by atoms with Crippen LogP contribution in [0.4, 0.5) is 0 Å². The normalized spacial score (nSPS) is 9.38. The van der Waals surface area contributed by atoms with Crippen LogP contribution in [-0.4, -0.2) is 10.9 Å². The van der Waals surface area contributed by atoms with Crippen molar-refractivity contribution in [2.75, 3.05) is 0 Å². The van der Waals surface area contributed by atoms with E-state index in [1.165, 1.54) is 0 Å². The number of hydrogen-bond acceptors (Lipinski definition) is 2. The van der Waals surface area contributed by atoms with E-state index in [-0.39, 0.29) is 11.9 Å². The van der Waals surface area contributed by atoms with Crippen LogP contribution in [-0.2, 0) is 4.79 Å². The SMILES string of the molecule is C=CC(=O)[C](O)CC. The summed E-state index contributed by atoms with van der Waals surface area (Å²) in [7, 11) is 0. The maximum atomic E-state index is 10.3. The van der Waals surface area contributed by atoms with Crippen LogP contribution in [0.5, 0.6) is 0 Å². The van der Waals surface area contributed by atoms with Crippen molar-refractivity contribution in [2.24, 2.45) is 0 Å². The van der Waals surface area contributed by atoms with Crippen LogP contribution in [0.1, 0.15) is 13.3 Å². The highest BCUT2D eigenvalue weighted by molar-refractivity contribution is 5.98. The van der Waals surface area contributed by atoms with E-state index < -0.39 is 0 Å². The first kappa shape index (κ1) is 7.37. The second kappa shape index (κ2) is 3.38. The molecule has 0 heterocycles. The Morgan fingerprint density at radius 3 is 2.50 bits per heavy atom. The van der Waals surface area contributed by atoms with E-state index in [2.05, 4.69) is 6.58 Å². The van der Waals surface area contributed by atoms with E-state index >= 15 is 0 Å². The molecule has 0 rings (SSSR count). The maximum Gasteiger partial charge on any atom is 0.190 e. The molecule has 0 bridgehead atoms. The van der Waals surface area contributed by atoms with Gasteiger partial charge in [-0.2, -0.15) is 0 Å². The highest BCUT2D eigenvalue weighted by Crippen LogP contribution is 2.00. The highest BCUT2D eigenvalue weighted by atomic mass is 16.3. The summed E-state index contributed by atoms with van der Waals surface area (Å²) in [6.45, 7) is 4.90. The van der Waals surface area contributed by atoms with Gasteiger partial charge in [-0.15, -0.1) is 0 Å². The van der Waals surface area contributed by atoms with Gasteiger partial charge in [0.15, 0.2) is 11.9 Å². The summed E-state index contributed by atoms with van der Waals surface area (Å²) in [5, 5.41) is 8.62. The Morgan fingerprint density at radius 1 is 1.88 bits per heavy atom. The van der Waals surface area contributed by atoms with Gasteiger partial charge in [0.05, 0.1) is 0 Å². The summed E-state index contributed by atoms with van der Waals surface area (Å²) in [6.07, 6.45) is 1.35. The fraction of sp³-hybridized carbons (Fsp3) is 0.333. The summed E-state index contributed by atoms with van der Waals surface area (Å²) < 4.78 is 0. The number of hydrogen-bond donors (Lipinski definition) is 1. The number of aliphatic hydroxyl groups is 1. The highest BCUT2D eigenvalue weighted by Gasteiger charge is 2.07. The molecule has 0 fully saturated rings. The lowest BCUT2D eigenvalue weighted by molar-refractivity contribution is -0.116. The summed E-state index contributed by atoms with van der Waals surface area (Å²) in [6, 6.07) is 0. The lowest BCUT2D eigenvalue weighted by Crippen LogP contribution is -2.05. The van der Waals surface area contributed by atoms with Crippen molar-refractivity contribution < 1.29 is 9.90 Å². The molecular weight excluding hydrogens is 104 g/mol. The van der Waals surface area contributed by atoms with Crippen molar-refractivity contribution in [3.63, 3.8) is 0 Å². The van der Waals surface area contributed by atoms with Crippen LogP contribution < -0.4 is 0 Å². The predicted molar refractivity (Wildman–Crippen MR) is 30.7 cm³/mol. The van der Waals surface area contributed by atoms with Crippen molar-refractivity contribution in [3.05, 3.63) is 18.8 Å². The molecule has 0 unspecified atom stereocenters. The van der Waals surface area contributed by atoms with Crippen molar-refractivity contribution in [1.29, 1.82) is 0 Å². The molecule has 0 aliphatic heterocycles. The zero-order valence-electron chi connectivity index (χ0n) is 4.85. The van der Waals surface area contributed by atoms with Gasteiger partial charge < -0.3 is 5.11 Å². The minimum Gasteiger partial charge on any atom is -0.378 e. The molecule has 45 valence electrons. The molecule has 0 spiro atoms. The van der Waals surface area contributed by atoms with Crippen molar-refractivity contribution >= 4 is 5.78 Å². The number of rotatable bonds is 3. The molecule has 2 heteroatoms. The van der Waals surface area contributed by atoms with E-state index in [9.17, 15) is 4.79 Å². The van der Waals surface area contributed by atoms with Crippen molar-refractivity contribution in [1.82, 2.24) is 0 Å². The maximum absolute atomic E-state index is 10.3. The Kier molecular flexibility index (Phi) is 3.12. The number of aliphatic hydroxyl groups excluding tert-OH is 1. The van der Waals surface area contributed by atoms with Gasteiger partial charge in [0.25, 0.3) is 0 Å². The van der Waals surface area contributed by atoms with Gasteiger partial charge in [-0.05, 0) is 12.5 Å². The third kappa shape index (κ3) is 1.89. The molecule has 0 aromatic rings. The van der Waals surface area contributed by atoms with E-state index in [4.69, 9.17) is 5.11 Å². The van der Waals surface area contributed by atoms with Gasteiger partial charge in [-0.1, -0.05) is 13.5 Å². The molecule has 0 saturated heterocycles. The van der Waals surface area contributed by atoms with Crippen LogP contribution >= 0.6 is 0 Å². The molecule has 0 amide bonds. The van der Waals surface area contributed by atoms with Gasteiger partial charge in [-0.25, -0.2) is 0 Å². The molecule has 1 radical (unpaired) electrons. The first-order valence-electron chi connectivity index (χ1n) is 2.44. The van der Waals surface area contributed by atoms with Gasteiger partial charge >= 0.3 is 0 Å². The standard InChI is InChI=1S/C6H9O2/c1-3-5(7)6(8)4-2/h3,8H,1,4H2,2H3. The van der Waals surface area contributed by atoms with Crippen LogP contribution in [0.2, 0.25) is 0 Å². The lowest BCUT2D eigenvalue weighted by Gasteiger charge is -1.96. The molecule has 1 N–H and O–H groups in total. The third-order valence-electron chi connectivity index (χ3n) is 0.805. The van der Waals surface area contributed by atoms with E-state index in [1.54, 1.807) is 6.92 Å². The molecule has 0 aliphatic carbocycles. The second-order valence-electron chi connectivity index (χ2n) is 1.37. The number of carbonyl (C=O) groups excluding carboxylic acids is 1. The Hall–Kier alpha value is -0.630. The summed E-state index contributed by atoms with van der Waals surface area (Å²) >= 11 is 0. The van der Waals surface area contributed by atoms with E-state index in [0.717, 1.165) is 6.08 Å². The fourth-order valence-electron chi connectivity index (χ4n) is 0.292. The predicted octanol–water partition coefficient (Wildman–Crippen LogP) is 1.06. The van der Waals surface area contributed by atoms with Crippen LogP contribution in [0.3, 0.4) is 0 Å². The fourth-order valence-corrected chi connectivity index (χ4v) is 0.292. The average Bonchev–Trinajstić information content (AvgIpc) is 1.84. The van der Waals surface area contributed by atoms with Gasteiger partial charge in [-0.3, -0.25) is 4.79 Å². The first-order valence-corrected chi connectivity index (χ1v) is 2.44. The molecular formula is C6H9O2. The second-order valence-corrected chi connectivity index (χ2v) is 1.37. The Balaban J connectivity index is 3.62. The Labute approximate surface area is 48.8 Å². The molecule has 0 saturated carbocycles. The molecule has 0 aromatic heterocycles. The molecule has 8 heavy (non-hydrogen) atoms. The number of ketones is 1. The summed E-state index contributed by atoms with van der Waals surface area (Å²) in [5.74, 6) is -0.382.